The van der Waals surface area contributed by atoms with Crippen LogP contribution in [0.25, 0.3) is 0 Å². The third-order valence-corrected chi connectivity index (χ3v) is 3.28. The van der Waals surface area contributed by atoms with Gasteiger partial charge in [-0.3, -0.25) is 0 Å². The van der Waals surface area contributed by atoms with E-state index in [1.807, 2.05) is 49.7 Å². The zero-order valence-corrected chi connectivity index (χ0v) is 11.3. The van der Waals surface area contributed by atoms with E-state index in [-0.39, 0.29) is 0 Å². The summed E-state index contributed by atoms with van der Waals surface area (Å²) >= 11 is 1.68. The Bertz CT molecular complexity index is 517. The molecule has 0 saturated heterocycles. The minimum absolute atomic E-state index is 0.479. The largest absolute Gasteiger partial charge is 0.486 e. The maximum atomic E-state index is 5.80. The van der Waals surface area contributed by atoms with Gasteiger partial charge >= 0.3 is 0 Å². The first-order chi connectivity index (χ1) is 8.83. The fraction of sp³-hybridized carbons (Fsp3) is 0.214. The number of aromatic nitrogens is 1. The zero-order valence-electron chi connectivity index (χ0n) is 10.5. The fourth-order valence-electron chi connectivity index (χ4n) is 1.59. The average Bonchev–Trinajstić information content (AvgIpc) is 2.45. The summed E-state index contributed by atoms with van der Waals surface area (Å²) in [6.45, 7) is 0.479. The first-order valence-corrected chi connectivity index (χ1v) is 6.95. The van der Waals surface area contributed by atoms with Crippen LogP contribution in [0, 0.1) is 0 Å². The van der Waals surface area contributed by atoms with Crippen LogP contribution in [0.15, 0.2) is 47.4 Å². The van der Waals surface area contributed by atoms with E-state index in [4.69, 9.17) is 4.74 Å². The number of ether oxygens (including phenoxy) is 1. The van der Waals surface area contributed by atoms with E-state index in [0.29, 0.717) is 6.61 Å². The van der Waals surface area contributed by atoms with Crippen molar-refractivity contribution in [3.63, 3.8) is 0 Å². The van der Waals surface area contributed by atoms with Gasteiger partial charge in [0.05, 0.1) is 5.69 Å². The normalized spacial score (nSPS) is 10.1. The number of rotatable bonds is 5. The second-order valence-corrected chi connectivity index (χ2v) is 4.55. The van der Waals surface area contributed by atoms with Crippen LogP contribution in [0.1, 0.15) is 5.69 Å². The minimum atomic E-state index is 0.479. The minimum Gasteiger partial charge on any atom is -0.486 e. The van der Waals surface area contributed by atoms with Crippen LogP contribution in [-0.2, 0) is 6.61 Å². The summed E-state index contributed by atoms with van der Waals surface area (Å²) < 4.78 is 5.80. The number of anilines is 1. The molecule has 0 unspecified atom stereocenters. The molecule has 0 fully saturated rings. The Labute approximate surface area is 112 Å². The van der Waals surface area contributed by atoms with E-state index in [9.17, 15) is 0 Å². The van der Waals surface area contributed by atoms with Crippen LogP contribution in [-0.4, -0.2) is 18.3 Å². The summed E-state index contributed by atoms with van der Waals surface area (Å²) in [4.78, 5) is 5.56. The first-order valence-electron chi connectivity index (χ1n) is 5.73. The SMILES string of the molecule is CNc1cccc(COc2ccccc2SC)n1. The Balaban J connectivity index is 2.06. The van der Waals surface area contributed by atoms with Crippen molar-refractivity contribution in [2.24, 2.45) is 0 Å². The molecule has 0 atom stereocenters. The lowest BCUT2D eigenvalue weighted by atomic mass is 10.3. The highest BCUT2D eigenvalue weighted by Gasteiger charge is 2.03. The van der Waals surface area contributed by atoms with E-state index >= 15 is 0 Å². The van der Waals surface area contributed by atoms with E-state index in [0.717, 1.165) is 22.2 Å². The second kappa shape index (κ2) is 6.31. The highest BCUT2D eigenvalue weighted by atomic mass is 32.2. The molecule has 0 bridgehead atoms. The lowest BCUT2D eigenvalue weighted by Gasteiger charge is -2.10. The summed E-state index contributed by atoms with van der Waals surface area (Å²) in [7, 11) is 1.86. The lowest BCUT2D eigenvalue weighted by Crippen LogP contribution is -2.01. The Kier molecular flexibility index (Phi) is 4.47. The standard InChI is InChI=1S/C14H16N2OS/c1-15-14-9-5-6-11(16-14)10-17-12-7-3-4-8-13(12)18-2/h3-9H,10H2,1-2H3,(H,15,16). The first kappa shape index (κ1) is 12.8. The van der Waals surface area contributed by atoms with Gasteiger partial charge in [0.1, 0.15) is 18.2 Å². The molecule has 1 aromatic heterocycles. The Morgan fingerprint density at radius 3 is 2.78 bits per heavy atom. The summed E-state index contributed by atoms with van der Waals surface area (Å²) in [6.07, 6.45) is 2.04. The van der Waals surface area contributed by atoms with Crippen molar-refractivity contribution < 1.29 is 4.74 Å². The number of thioether (sulfide) groups is 1. The molecule has 4 heteroatoms. The van der Waals surface area contributed by atoms with Gasteiger partial charge in [-0.25, -0.2) is 4.98 Å². The third-order valence-electron chi connectivity index (χ3n) is 2.51. The smallest absolute Gasteiger partial charge is 0.133 e. The maximum absolute atomic E-state index is 5.80. The van der Waals surface area contributed by atoms with Gasteiger partial charge < -0.3 is 10.1 Å². The Morgan fingerprint density at radius 1 is 1.17 bits per heavy atom. The van der Waals surface area contributed by atoms with E-state index < -0.39 is 0 Å². The van der Waals surface area contributed by atoms with Gasteiger partial charge in [0.2, 0.25) is 0 Å². The van der Waals surface area contributed by atoms with Crippen molar-refractivity contribution in [1.29, 1.82) is 0 Å². The van der Waals surface area contributed by atoms with Gasteiger partial charge in [-0.05, 0) is 30.5 Å². The lowest BCUT2D eigenvalue weighted by molar-refractivity contribution is 0.294. The second-order valence-electron chi connectivity index (χ2n) is 3.70. The van der Waals surface area contributed by atoms with Crippen molar-refractivity contribution in [2.75, 3.05) is 18.6 Å². The van der Waals surface area contributed by atoms with Crippen LogP contribution in [0.4, 0.5) is 5.82 Å². The molecule has 1 heterocycles. The molecule has 0 amide bonds. The molecule has 18 heavy (non-hydrogen) atoms. The molecule has 0 radical (unpaired) electrons. The van der Waals surface area contributed by atoms with E-state index in [1.165, 1.54) is 0 Å². The summed E-state index contributed by atoms with van der Waals surface area (Å²) in [6, 6.07) is 13.9. The van der Waals surface area contributed by atoms with Gasteiger partial charge in [-0.2, -0.15) is 0 Å². The van der Waals surface area contributed by atoms with Crippen LogP contribution in [0.5, 0.6) is 5.75 Å². The number of hydrogen-bond acceptors (Lipinski definition) is 4. The predicted octanol–water partition coefficient (Wildman–Crippen LogP) is 3.42. The monoisotopic (exact) mass is 260 g/mol. The number of pyridine rings is 1. The van der Waals surface area contributed by atoms with Crippen LogP contribution in [0.2, 0.25) is 0 Å². The van der Waals surface area contributed by atoms with Crippen LogP contribution >= 0.6 is 11.8 Å². The van der Waals surface area contributed by atoms with Gasteiger partial charge in [0.15, 0.2) is 0 Å². The van der Waals surface area contributed by atoms with Crippen molar-refractivity contribution in [3.05, 3.63) is 48.2 Å². The van der Waals surface area contributed by atoms with Crippen molar-refractivity contribution >= 4 is 17.6 Å². The number of benzene rings is 1. The molecule has 3 nitrogen and oxygen atoms in total. The molecule has 2 rings (SSSR count). The molecule has 0 saturated carbocycles. The van der Waals surface area contributed by atoms with Gasteiger partial charge in [-0.1, -0.05) is 18.2 Å². The predicted molar refractivity (Wildman–Crippen MR) is 76.3 cm³/mol. The summed E-state index contributed by atoms with van der Waals surface area (Å²) in [5, 5.41) is 3.02. The molecule has 0 aliphatic heterocycles. The maximum Gasteiger partial charge on any atom is 0.133 e. The van der Waals surface area contributed by atoms with E-state index in [1.54, 1.807) is 11.8 Å². The molecule has 1 aromatic carbocycles. The Hall–Kier alpha value is -1.68. The molecule has 0 aliphatic carbocycles. The summed E-state index contributed by atoms with van der Waals surface area (Å²) in [5.74, 6) is 1.76. The van der Waals surface area contributed by atoms with Gasteiger partial charge in [0, 0.05) is 11.9 Å². The number of para-hydroxylation sites is 1. The highest BCUT2D eigenvalue weighted by molar-refractivity contribution is 7.98. The highest BCUT2D eigenvalue weighted by Crippen LogP contribution is 2.27. The molecule has 2 aromatic rings. The van der Waals surface area contributed by atoms with Crippen molar-refractivity contribution in [2.45, 2.75) is 11.5 Å². The molecule has 0 spiro atoms. The third kappa shape index (κ3) is 3.17. The summed E-state index contributed by atoms with van der Waals surface area (Å²) in [5.41, 5.74) is 0.915. The molecule has 0 aliphatic rings. The Morgan fingerprint density at radius 2 is 2.00 bits per heavy atom. The van der Waals surface area contributed by atoms with Crippen LogP contribution < -0.4 is 10.1 Å². The van der Waals surface area contributed by atoms with Crippen molar-refractivity contribution in [3.8, 4) is 5.75 Å². The van der Waals surface area contributed by atoms with Gasteiger partial charge in [0.25, 0.3) is 0 Å². The van der Waals surface area contributed by atoms with Crippen molar-refractivity contribution in [1.82, 2.24) is 4.98 Å². The number of nitrogens with zero attached hydrogens (tertiary/aromatic N) is 1. The zero-order chi connectivity index (χ0) is 12.8. The van der Waals surface area contributed by atoms with Gasteiger partial charge in [-0.15, -0.1) is 11.8 Å². The molecule has 94 valence electrons. The number of nitrogens with one attached hydrogen (secondary N) is 1. The topological polar surface area (TPSA) is 34.1 Å². The van der Waals surface area contributed by atoms with E-state index in [2.05, 4.69) is 16.4 Å². The molecular weight excluding hydrogens is 244 g/mol. The quantitative estimate of drug-likeness (QED) is 0.835. The number of hydrogen-bond donors (Lipinski definition) is 1. The fourth-order valence-corrected chi connectivity index (χ4v) is 2.13. The average molecular weight is 260 g/mol. The molecule has 1 N–H and O–H groups in total. The van der Waals surface area contributed by atoms with Crippen LogP contribution in [0.3, 0.4) is 0 Å². The molecular formula is C14H16N2OS.